The molecule has 0 saturated carbocycles. The molecule has 2 unspecified atom stereocenters. The zero-order valence-electron chi connectivity index (χ0n) is 9.64. The highest BCUT2D eigenvalue weighted by molar-refractivity contribution is 7.12. The number of carbonyl (C=O) groups excluding carboxylic acids is 2. The standard InChI is InChI=1S/C11H15NO4S/c1-6(13)11-8(3-4-17-11)10(16)9(15)5-12-7(2)14/h3-4,9-10,15-16H,5H2,1-2H3,(H,12,14). The van der Waals surface area contributed by atoms with Crippen LogP contribution in [0.3, 0.4) is 0 Å². The van der Waals surface area contributed by atoms with Crippen molar-refractivity contribution in [1.29, 1.82) is 0 Å². The van der Waals surface area contributed by atoms with Crippen LogP contribution in [0.25, 0.3) is 0 Å². The SMILES string of the molecule is CC(=O)NCC(O)C(O)c1ccsc1C(C)=O. The van der Waals surface area contributed by atoms with Crippen molar-refractivity contribution in [2.45, 2.75) is 26.1 Å². The van der Waals surface area contributed by atoms with Crippen LogP contribution < -0.4 is 5.32 Å². The first kappa shape index (κ1) is 13.8. The molecule has 1 amide bonds. The second-order valence-electron chi connectivity index (χ2n) is 3.71. The van der Waals surface area contributed by atoms with Crippen LogP contribution >= 0.6 is 11.3 Å². The third-order valence-corrected chi connectivity index (χ3v) is 3.29. The zero-order valence-corrected chi connectivity index (χ0v) is 10.5. The molecule has 0 aliphatic heterocycles. The summed E-state index contributed by atoms with van der Waals surface area (Å²) in [6.45, 7) is 2.68. The fraction of sp³-hybridized carbons (Fsp3) is 0.455. The van der Waals surface area contributed by atoms with Gasteiger partial charge in [0.25, 0.3) is 0 Å². The maximum Gasteiger partial charge on any atom is 0.216 e. The van der Waals surface area contributed by atoms with Gasteiger partial charge in [-0.2, -0.15) is 0 Å². The van der Waals surface area contributed by atoms with Crippen molar-refractivity contribution in [3.63, 3.8) is 0 Å². The Morgan fingerprint density at radius 2 is 2.06 bits per heavy atom. The zero-order chi connectivity index (χ0) is 13.0. The molecule has 2 atom stereocenters. The van der Waals surface area contributed by atoms with Crippen LogP contribution in [0.5, 0.6) is 0 Å². The molecule has 0 aliphatic rings. The molecule has 1 heterocycles. The molecule has 0 radical (unpaired) electrons. The number of aliphatic hydroxyl groups excluding tert-OH is 2. The van der Waals surface area contributed by atoms with Gasteiger partial charge in [-0.25, -0.2) is 0 Å². The largest absolute Gasteiger partial charge is 0.388 e. The van der Waals surface area contributed by atoms with Gasteiger partial charge in [0.2, 0.25) is 5.91 Å². The molecule has 17 heavy (non-hydrogen) atoms. The normalized spacial score (nSPS) is 14.1. The molecular formula is C11H15NO4S. The first-order valence-corrected chi connectivity index (χ1v) is 6.00. The molecule has 1 aromatic heterocycles. The maximum atomic E-state index is 11.3. The summed E-state index contributed by atoms with van der Waals surface area (Å²) in [6, 6.07) is 1.60. The summed E-state index contributed by atoms with van der Waals surface area (Å²) in [7, 11) is 0. The van der Waals surface area contributed by atoms with Gasteiger partial charge in [-0.05, 0) is 18.4 Å². The molecule has 5 nitrogen and oxygen atoms in total. The minimum atomic E-state index is -1.17. The van der Waals surface area contributed by atoms with E-state index in [1.165, 1.54) is 25.2 Å². The number of rotatable bonds is 5. The molecule has 0 spiro atoms. The Bertz CT molecular complexity index is 415. The summed E-state index contributed by atoms with van der Waals surface area (Å²) in [4.78, 5) is 22.4. The highest BCUT2D eigenvalue weighted by atomic mass is 32.1. The first-order valence-electron chi connectivity index (χ1n) is 5.12. The lowest BCUT2D eigenvalue weighted by atomic mass is 10.0. The third-order valence-electron chi connectivity index (χ3n) is 2.26. The van der Waals surface area contributed by atoms with E-state index in [-0.39, 0.29) is 18.2 Å². The number of ketones is 1. The van der Waals surface area contributed by atoms with E-state index in [2.05, 4.69) is 5.32 Å². The fourth-order valence-corrected chi connectivity index (χ4v) is 2.25. The molecule has 1 aromatic rings. The average Bonchev–Trinajstić information content (AvgIpc) is 2.73. The molecule has 0 fully saturated rings. The number of amides is 1. The minimum Gasteiger partial charge on any atom is -0.388 e. The predicted octanol–water partition coefficient (Wildman–Crippen LogP) is 0.481. The number of aliphatic hydroxyl groups is 2. The smallest absolute Gasteiger partial charge is 0.216 e. The second kappa shape index (κ2) is 5.90. The second-order valence-corrected chi connectivity index (χ2v) is 4.63. The van der Waals surface area contributed by atoms with Crippen LogP contribution in [0.1, 0.15) is 35.2 Å². The molecule has 0 aromatic carbocycles. The Labute approximate surface area is 103 Å². The van der Waals surface area contributed by atoms with Crippen molar-refractivity contribution in [3.05, 3.63) is 21.9 Å². The molecule has 0 bridgehead atoms. The molecule has 1 rings (SSSR count). The Hall–Kier alpha value is -1.24. The summed E-state index contributed by atoms with van der Waals surface area (Å²) in [5.41, 5.74) is 0.403. The van der Waals surface area contributed by atoms with E-state index in [0.29, 0.717) is 10.4 Å². The van der Waals surface area contributed by atoms with Gasteiger partial charge in [-0.15, -0.1) is 11.3 Å². The van der Waals surface area contributed by atoms with Gasteiger partial charge in [-0.1, -0.05) is 0 Å². The van der Waals surface area contributed by atoms with Gasteiger partial charge in [0.15, 0.2) is 5.78 Å². The number of hydrogen-bond donors (Lipinski definition) is 3. The van der Waals surface area contributed by atoms with E-state index in [9.17, 15) is 19.8 Å². The number of Topliss-reactive ketones (excluding diaryl/α,β-unsaturated/α-hetero) is 1. The molecule has 6 heteroatoms. The van der Waals surface area contributed by atoms with Crippen LogP contribution in [-0.4, -0.2) is 34.6 Å². The van der Waals surface area contributed by atoms with Gasteiger partial charge >= 0.3 is 0 Å². The lowest BCUT2D eigenvalue weighted by molar-refractivity contribution is -0.119. The van der Waals surface area contributed by atoms with Crippen molar-refractivity contribution in [1.82, 2.24) is 5.32 Å². The van der Waals surface area contributed by atoms with Gasteiger partial charge in [-0.3, -0.25) is 9.59 Å². The Balaban J connectivity index is 2.74. The lowest BCUT2D eigenvalue weighted by Crippen LogP contribution is -2.34. The lowest BCUT2D eigenvalue weighted by Gasteiger charge is -2.18. The van der Waals surface area contributed by atoms with Crippen molar-refractivity contribution in [2.75, 3.05) is 6.54 Å². The van der Waals surface area contributed by atoms with Crippen LogP contribution in [0, 0.1) is 0 Å². The van der Waals surface area contributed by atoms with Gasteiger partial charge in [0, 0.05) is 19.0 Å². The van der Waals surface area contributed by atoms with Gasteiger partial charge in [0.1, 0.15) is 12.2 Å². The van der Waals surface area contributed by atoms with E-state index in [0.717, 1.165) is 0 Å². The minimum absolute atomic E-state index is 0.0519. The highest BCUT2D eigenvalue weighted by Gasteiger charge is 2.23. The summed E-state index contributed by atoms with van der Waals surface area (Å²) in [5, 5.41) is 23.6. The Morgan fingerprint density at radius 3 is 2.59 bits per heavy atom. The number of hydrogen-bond acceptors (Lipinski definition) is 5. The fourth-order valence-electron chi connectivity index (χ4n) is 1.41. The van der Waals surface area contributed by atoms with Crippen LogP contribution in [-0.2, 0) is 4.79 Å². The van der Waals surface area contributed by atoms with Crippen molar-refractivity contribution >= 4 is 23.0 Å². The quantitative estimate of drug-likeness (QED) is 0.670. The van der Waals surface area contributed by atoms with E-state index >= 15 is 0 Å². The number of thiophene rings is 1. The van der Waals surface area contributed by atoms with E-state index in [1.807, 2.05) is 0 Å². The molecule has 0 saturated heterocycles. The van der Waals surface area contributed by atoms with E-state index < -0.39 is 12.2 Å². The third kappa shape index (κ3) is 3.62. The van der Waals surface area contributed by atoms with Crippen LogP contribution in [0.15, 0.2) is 11.4 Å². The topological polar surface area (TPSA) is 86.6 Å². The van der Waals surface area contributed by atoms with E-state index in [1.54, 1.807) is 11.4 Å². The van der Waals surface area contributed by atoms with Crippen molar-refractivity contribution in [2.24, 2.45) is 0 Å². The Morgan fingerprint density at radius 1 is 1.41 bits per heavy atom. The number of nitrogens with one attached hydrogen (secondary N) is 1. The molecule has 0 aliphatic carbocycles. The maximum absolute atomic E-state index is 11.3. The summed E-state index contributed by atoms with van der Waals surface area (Å²) in [5.74, 6) is -0.436. The average molecular weight is 257 g/mol. The van der Waals surface area contributed by atoms with Crippen LogP contribution in [0.2, 0.25) is 0 Å². The van der Waals surface area contributed by atoms with Gasteiger partial charge in [0.05, 0.1) is 4.88 Å². The molecule has 3 N–H and O–H groups in total. The van der Waals surface area contributed by atoms with Crippen LogP contribution in [0.4, 0.5) is 0 Å². The summed E-state index contributed by atoms with van der Waals surface area (Å²) >= 11 is 1.22. The van der Waals surface area contributed by atoms with E-state index in [4.69, 9.17) is 0 Å². The van der Waals surface area contributed by atoms with Crippen molar-refractivity contribution < 1.29 is 19.8 Å². The van der Waals surface area contributed by atoms with Crippen molar-refractivity contribution in [3.8, 4) is 0 Å². The molecule has 94 valence electrons. The summed E-state index contributed by atoms with van der Waals surface area (Å²) < 4.78 is 0. The molecular weight excluding hydrogens is 242 g/mol. The van der Waals surface area contributed by atoms with Gasteiger partial charge < -0.3 is 15.5 Å². The first-order chi connectivity index (χ1) is 7.93. The number of carbonyl (C=O) groups is 2. The Kier molecular flexibility index (Phi) is 4.80. The highest BCUT2D eigenvalue weighted by Crippen LogP contribution is 2.26. The monoisotopic (exact) mass is 257 g/mol. The summed E-state index contributed by atoms with van der Waals surface area (Å²) in [6.07, 6.45) is -2.31. The predicted molar refractivity (Wildman–Crippen MR) is 64.0 cm³/mol.